The molecule has 0 amide bonds. The molecule has 100 valence electrons. The summed E-state index contributed by atoms with van der Waals surface area (Å²) < 4.78 is 1.33. The number of aldehydes is 1. The fraction of sp³-hybridized carbons (Fsp3) is 0.0769. The van der Waals surface area contributed by atoms with Crippen molar-refractivity contribution in [2.24, 2.45) is 0 Å². The number of carbonyl (C=O) groups excluding carboxylic acids is 1. The van der Waals surface area contributed by atoms with Crippen LogP contribution in [0.15, 0.2) is 24.3 Å². The molecular formula is C13H10N4O3. The molecule has 0 aliphatic heterocycles. The van der Waals surface area contributed by atoms with Gasteiger partial charge in [-0.3, -0.25) is 14.9 Å². The zero-order valence-electron chi connectivity index (χ0n) is 10.3. The molecule has 7 heteroatoms. The third-order valence-electron chi connectivity index (χ3n) is 2.74. The number of terminal acetylenes is 1. The molecular weight excluding hydrogens is 260 g/mol. The van der Waals surface area contributed by atoms with Crippen LogP contribution in [0, 0.1) is 22.5 Å². The predicted octanol–water partition coefficient (Wildman–Crippen LogP) is 1.49. The van der Waals surface area contributed by atoms with E-state index in [1.165, 1.54) is 28.9 Å². The van der Waals surface area contributed by atoms with Crippen LogP contribution in [0.3, 0.4) is 0 Å². The Hall–Kier alpha value is -3.14. The Kier molecular flexibility index (Phi) is 3.48. The van der Waals surface area contributed by atoms with Crippen LogP contribution in [0.5, 0.6) is 0 Å². The zero-order chi connectivity index (χ0) is 14.7. The topological polar surface area (TPSA) is 104 Å². The second-order valence-electron chi connectivity index (χ2n) is 3.93. The monoisotopic (exact) mass is 270 g/mol. The summed E-state index contributed by atoms with van der Waals surface area (Å²) in [7, 11) is 0. The van der Waals surface area contributed by atoms with Crippen molar-refractivity contribution in [1.82, 2.24) is 9.78 Å². The number of nitro benzene ring substituents is 1. The van der Waals surface area contributed by atoms with Gasteiger partial charge >= 0.3 is 0 Å². The molecule has 0 fully saturated rings. The van der Waals surface area contributed by atoms with Gasteiger partial charge in [0, 0.05) is 17.7 Å². The van der Waals surface area contributed by atoms with Gasteiger partial charge in [-0.05, 0) is 12.1 Å². The highest BCUT2D eigenvalue weighted by Crippen LogP contribution is 2.27. The summed E-state index contributed by atoms with van der Waals surface area (Å²) >= 11 is 0. The summed E-state index contributed by atoms with van der Waals surface area (Å²) in [6.07, 6.45) is 5.78. The van der Waals surface area contributed by atoms with Crippen LogP contribution in [0.4, 0.5) is 11.5 Å². The number of aromatic nitrogens is 2. The number of nitrogens with zero attached hydrogens (tertiary/aromatic N) is 3. The number of nitrogens with two attached hydrogens (primary N) is 1. The van der Waals surface area contributed by atoms with Crippen LogP contribution >= 0.6 is 0 Å². The number of rotatable bonds is 4. The maximum absolute atomic E-state index is 11.1. The van der Waals surface area contributed by atoms with E-state index >= 15 is 0 Å². The fourth-order valence-corrected chi connectivity index (χ4v) is 1.77. The largest absolute Gasteiger partial charge is 0.383 e. The Bertz CT molecular complexity index is 710. The lowest BCUT2D eigenvalue weighted by atomic mass is 10.1. The quantitative estimate of drug-likeness (QED) is 0.392. The highest BCUT2D eigenvalue weighted by Gasteiger charge is 2.17. The van der Waals surface area contributed by atoms with Crippen LogP contribution in [0.2, 0.25) is 0 Å². The molecule has 0 bridgehead atoms. The smallest absolute Gasteiger partial charge is 0.269 e. The lowest BCUT2D eigenvalue weighted by Crippen LogP contribution is -2.03. The molecule has 0 aliphatic rings. The Morgan fingerprint density at radius 2 is 2.10 bits per heavy atom. The number of nitro groups is 1. The number of hydrogen-bond acceptors (Lipinski definition) is 5. The zero-order valence-corrected chi connectivity index (χ0v) is 10.3. The van der Waals surface area contributed by atoms with Gasteiger partial charge in [-0.2, -0.15) is 5.10 Å². The lowest BCUT2D eigenvalue weighted by molar-refractivity contribution is -0.384. The van der Waals surface area contributed by atoms with Crippen molar-refractivity contribution in [3.63, 3.8) is 0 Å². The van der Waals surface area contributed by atoms with Crippen molar-refractivity contribution < 1.29 is 9.72 Å². The molecule has 0 aliphatic carbocycles. The number of anilines is 1. The molecule has 20 heavy (non-hydrogen) atoms. The van der Waals surface area contributed by atoms with E-state index in [0.717, 1.165) is 0 Å². The van der Waals surface area contributed by atoms with E-state index in [0.29, 0.717) is 17.5 Å². The molecule has 0 unspecified atom stereocenters. The number of hydrogen-bond donors (Lipinski definition) is 1. The Labute approximate surface area is 114 Å². The molecule has 0 saturated heterocycles. The molecule has 0 saturated carbocycles. The van der Waals surface area contributed by atoms with E-state index in [2.05, 4.69) is 11.0 Å². The first-order valence-corrected chi connectivity index (χ1v) is 5.58. The van der Waals surface area contributed by atoms with Crippen LogP contribution in [0.1, 0.15) is 10.4 Å². The molecule has 1 aromatic heterocycles. The lowest BCUT2D eigenvalue weighted by Gasteiger charge is -1.97. The standard InChI is InChI=1S/C13H10N4O3/c1-2-7-16-13(14)11(8-18)12(15-16)9-3-5-10(6-4-9)17(19)20/h1,3-6,8H,7,14H2. The Morgan fingerprint density at radius 3 is 2.60 bits per heavy atom. The van der Waals surface area contributed by atoms with Gasteiger partial charge in [0.2, 0.25) is 0 Å². The highest BCUT2D eigenvalue weighted by atomic mass is 16.6. The summed E-state index contributed by atoms with van der Waals surface area (Å²) in [6, 6.07) is 5.68. The second-order valence-corrected chi connectivity index (χ2v) is 3.93. The van der Waals surface area contributed by atoms with Crippen molar-refractivity contribution in [2.75, 3.05) is 5.73 Å². The maximum Gasteiger partial charge on any atom is 0.269 e. The number of non-ortho nitro benzene ring substituents is 1. The first-order chi connectivity index (χ1) is 9.58. The van der Waals surface area contributed by atoms with E-state index in [1.807, 2.05) is 0 Å². The van der Waals surface area contributed by atoms with Gasteiger partial charge < -0.3 is 5.73 Å². The van der Waals surface area contributed by atoms with Gasteiger partial charge in [-0.1, -0.05) is 5.92 Å². The van der Waals surface area contributed by atoms with Gasteiger partial charge in [-0.15, -0.1) is 6.42 Å². The normalized spacial score (nSPS) is 9.95. The molecule has 7 nitrogen and oxygen atoms in total. The predicted molar refractivity (Wildman–Crippen MR) is 73.0 cm³/mol. The van der Waals surface area contributed by atoms with Crippen molar-refractivity contribution in [3.8, 4) is 23.6 Å². The molecule has 0 radical (unpaired) electrons. The summed E-state index contributed by atoms with van der Waals surface area (Å²) in [5, 5.41) is 14.8. The molecule has 0 atom stereocenters. The molecule has 2 rings (SSSR count). The van der Waals surface area contributed by atoms with Gasteiger partial charge in [0.25, 0.3) is 5.69 Å². The first-order valence-electron chi connectivity index (χ1n) is 5.58. The Balaban J connectivity index is 2.52. The number of carbonyl (C=O) groups is 1. The summed E-state index contributed by atoms with van der Waals surface area (Å²) in [6.45, 7) is 0.139. The fourth-order valence-electron chi connectivity index (χ4n) is 1.77. The summed E-state index contributed by atoms with van der Waals surface area (Å²) in [4.78, 5) is 21.2. The molecule has 1 heterocycles. The van der Waals surface area contributed by atoms with E-state index < -0.39 is 4.92 Å². The molecule has 0 spiro atoms. The van der Waals surface area contributed by atoms with Crippen molar-refractivity contribution in [2.45, 2.75) is 6.54 Å². The van der Waals surface area contributed by atoms with Crippen LogP contribution in [0.25, 0.3) is 11.3 Å². The average molecular weight is 270 g/mol. The van der Waals surface area contributed by atoms with E-state index in [9.17, 15) is 14.9 Å². The van der Waals surface area contributed by atoms with E-state index in [-0.39, 0.29) is 23.6 Å². The third-order valence-corrected chi connectivity index (χ3v) is 2.74. The summed E-state index contributed by atoms with van der Waals surface area (Å²) in [5.74, 6) is 2.55. The second kappa shape index (κ2) is 5.24. The molecule has 2 aromatic rings. The number of nitrogen functional groups attached to an aromatic ring is 1. The SMILES string of the molecule is C#CCn1nc(-c2ccc([N+](=O)[O-])cc2)c(C=O)c1N. The van der Waals surface area contributed by atoms with Gasteiger partial charge in [-0.25, -0.2) is 4.68 Å². The Morgan fingerprint density at radius 1 is 1.45 bits per heavy atom. The van der Waals surface area contributed by atoms with E-state index in [1.54, 1.807) is 0 Å². The minimum absolute atomic E-state index is 0.0440. The maximum atomic E-state index is 11.1. The molecule has 1 aromatic carbocycles. The average Bonchev–Trinajstić information content (AvgIpc) is 2.76. The minimum atomic E-state index is -0.504. The molecule has 2 N–H and O–H groups in total. The van der Waals surface area contributed by atoms with Crippen LogP contribution < -0.4 is 5.73 Å². The third kappa shape index (κ3) is 2.22. The van der Waals surface area contributed by atoms with Crippen molar-refractivity contribution in [1.29, 1.82) is 0 Å². The van der Waals surface area contributed by atoms with Crippen molar-refractivity contribution >= 4 is 17.8 Å². The summed E-state index contributed by atoms with van der Waals surface area (Å²) in [5.41, 5.74) is 6.86. The first kappa shape index (κ1) is 13.3. The van der Waals surface area contributed by atoms with Crippen LogP contribution in [-0.2, 0) is 6.54 Å². The van der Waals surface area contributed by atoms with Gasteiger partial charge in [0.1, 0.15) is 18.1 Å². The minimum Gasteiger partial charge on any atom is -0.383 e. The number of benzene rings is 1. The van der Waals surface area contributed by atoms with Crippen molar-refractivity contribution in [3.05, 3.63) is 39.9 Å². The van der Waals surface area contributed by atoms with Gasteiger partial charge in [0.05, 0.1) is 10.5 Å². The van der Waals surface area contributed by atoms with E-state index in [4.69, 9.17) is 12.2 Å². The van der Waals surface area contributed by atoms with Gasteiger partial charge in [0.15, 0.2) is 6.29 Å². The highest BCUT2D eigenvalue weighted by molar-refractivity contribution is 5.91. The van der Waals surface area contributed by atoms with Crippen LogP contribution in [-0.4, -0.2) is 21.0 Å².